The minimum absolute atomic E-state index is 0.833. The summed E-state index contributed by atoms with van der Waals surface area (Å²) in [5.74, 6) is 1.81. The first-order chi connectivity index (χ1) is 13.2. The summed E-state index contributed by atoms with van der Waals surface area (Å²) in [6.07, 6.45) is 8.83. The summed E-state index contributed by atoms with van der Waals surface area (Å²) in [5, 5.41) is 6.77. The summed E-state index contributed by atoms with van der Waals surface area (Å²) in [7, 11) is 0. The summed E-state index contributed by atoms with van der Waals surface area (Å²) in [6, 6.07) is 6.08. The van der Waals surface area contributed by atoms with E-state index < -0.39 is 0 Å². The molecule has 1 saturated heterocycles. The molecule has 0 aliphatic carbocycles. The van der Waals surface area contributed by atoms with Crippen molar-refractivity contribution in [1.82, 2.24) is 24.9 Å². The molecule has 0 radical (unpaired) electrons. The lowest BCUT2D eigenvalue weighted by atomic mass is 9.99. The Morgan fingerprint density at radius 1 is 1.26 bits per heavy atom. The largest absolute Gasteiger partial charge is 0.357 e. The molecule has 148 valence electrons. The van der Waals surface area contributed by atoms with Crippen LogP contribution in [-0.2, 0) is 6.42 Å². The molecule has 2 N–H and O–H groups in total. The second-order valence-electron chi connectivity index (χ2n) is 7.51. The molecule has 1 fully saturated rings. The van der Waals surface area contributed by atoms with Gasteiger partial charge >= 0.3 is 0 Å². The van der Waals surface area contributed by atoms with Crippen LogP contribution in [0.4, 0.5) is 0 Å². The number of nitrogens with one attached hydrogen (secondary N) is 2. The predicted octanol–water partition coefficient (Wildman–Crippen LogP) is 2.55. The van der Waals surface area contributed by atoms with E-state index in [4.69, 9.17) is 4.99 Å². The number of guanidine groups is 1. The van der Waals surface area contributed by atoms with E-state index in [-0.39, 0.29) is 0 Å². The number of rotatable bonds is 8. The first-order valence-electron chi connectivity index (χ1n) is 10.4. The fraction of sp³-hybridized carbons (Fsp3) is 0.619. The van der Waals surface area contributed by atoms with Crippen LogP contribution >= 0.6 is 0 Å². The normalized spacial score (nSPS) is 16.7. The molecule has 0 atom stereocenters. The number of piperidine rings is 1. The van der Waals surface area contributed by atoms with E-state index in [1.54, 1.807) is 0 Å². The number of fused-ring (bicyclic) bond motifs is 1. The second kappa shape index (κ2) is 10.3. The Labute approximate surface area is 163 Å². The quantitative estimate of drug-likeness (QED) is 0.426. The molecule has 2 aromatic heterocycles. The van der Waals surface area contributed by atoms with Crippen LogP contribution in [0.3, 0.4) is 0 Å². The number of nitrogens with zero attached hydrogens (tertiary/aromatic N) is 4. The van der Waals surface area contributed by atoms with E-state index in [0.717, 1.165) is 62.2 Å². The molecular formula is C21H34N6. The van der Waals surface area contributed by atoms with Crippen molar-refractivity contribution in [2.24, 2.45) is 10.9 Å². The highest BCUT2D eigenvalue weighted by molar-refractivity contribution is 5.79. The van der Waals surface area contributed by atoms with E-state index in [1.807, 2.05) is 24.4 Å². The Hall–Kier alpha value is -2.08. The van der Waals surface area contributed by atoms with E-state index in [0.29, 0.717) is 0 Å². The van der Waals surface area contributed by atoms with Gasteiger partial charge in [-0.2, -0.15) is 0 Å². The number of imidazole rings is 1. The van der Waals surface area contributed by atoms with E-state index in [1.165, 1.54) is 25.9 Å². The van der Waals surface area contributed by atoms with Gasteiger partial charge in [0.2, 0.25) is 0 Å². The van der Waals surface area contributed by atoms with Crippen LogP contribution in [0, 0.1) is 5.92 Å². The maximum Gasteiger partial charge on any atom is 0.191 e. The van der Waals surface area contributed by atoms with Gasteiger partial charge in [-0.05, 0) is 63.9 Å². The molecular weight excluding hydrogens is 336 g/mol. The van der Waals surface area contributed by atoms with Crippen molar-refractivity contribution in [1.29, 1.82) is 0 Å². The smallest absolute Gasteiger partial charge is 0.191 e. The highest BCUT2D eigenvalue weighted by Gasteiger charge is 2.14. The monoisotopic (exact) mass is 370 g/mol. The minimum Gasteiger partial charge on any atom is -0.357 e. The first-order valence-corrected chi connectivity index (χ1v) is 10.4. The second-order valence-corrected chi connectivity index (χ2v) is 7.51. The minimum atomic E-state index is 0.833. The van der Waals surface area contributed by atoms with Crippen LogP contribution in [0.5, 0.6) is 0 Å². The lowest BCUT2D eigenvalue weighted by molar-refractivity contribution is 0.192. The van der Waals surface area contributed by atoms with E-state index in [2.05, 4.69) is 45.0 Å². The average molecular weight is 371 g/mol. The van der Waals surface area contributed by atoms with Crippen molar-refractivity contribution >= 4 is 11.6 Å². The summed E-state index contributed by atoms with van der Waals surface area (Å²) in [4.78, 5) is 12.0. The average Bonchev–Trinajstić information content (AvgIpc) is 3.09. The molecule has 6 heteroatoms. The summed E-state index contributed by atoms with van der Waals surface area (Å²) >= 11 is 0. The maximum absolute atomic E-state index is 4.73. The van der Waals surface area contributed by atoms with Gasteiger partial charge in [0.15, 0.2) is 5.96 Å². The molecule has 27 heavy (non-hydrogen) atoms. The third kappa shape index (κ3) is 6.24. The van der Waals surface area contributed by atoms with Gasteiger partial charge in [-0.3, -0.25) is 4.99 Å². The highest BCUT2D eigenvalue weighted by Crippen LogP contribution is 2.15. The van der Waals surface area contributed by atoms with Crippen LogP contribution < -0.4 is 10.6 Å². The predicted molar refractivity (Wildman–Crippen MR) is 112 cm³/mol. The van der Waals surface area contributed by atoms with Crippen molar-refractivity contribution in [3.05, 3.63) is 36.3 Å². The number of hydrogen-bond acceptors (Lipinski definition) is 3. The Morgan fingerprint density at radius 2 is 2.11 bits per heavy atom. The van der Waals surface area contributed by atoms with Crippen LogP contribution in [-0.4, -0.2) is 59.5 Å². The zero-order valence-corrected chi connectivity index (χ0v) is 16.8. The van der Waals surface area contributed by atoms with Gasteiger partial charge in [-0.15, -0.1) is 0 Å². The lowest BCUT2D eigenvalue weighted by Gasteiger charge is -2.29. The van der Waals surface area contributed by atoms with Gasteiger partial charge in [-0.25, -0.2) is 4.98 Å². The Kier molecular flexibility index (Phi) is 7.51. The summed E-state index contributed by atoms with van der Waals surface area (Å²) in [6.45, 7) is 10.7. The topological polar surface area (TPSA) is 57.0 Å². The molecule has 1 aliphatic heterocycles. The summed E-state index contributed by atoms with van der Waals surface area (Å²) < 4.78 is 2.07. The van der Waals surface area contributed by atoms with Crippen molar-refractivity contribution < 1.29 is 0 Å². The highest BCUT2D eigenvalue weighted by atomic mass is 15.2. The van der Waals surface area contributed by atoms with Crippen molar-refractivity contribution in [2.75, 3.05) is 39.3 Å². The van der Waals surface area contributed by atoms with Gasteiger partial charge in [0, 0.05) is 38.4 Å². The molecule has 3 rings (SSSR count). The lowest BCUT2D eigenvalue weighted by Crippen LogP contribution is -2.38. The van der Waals surface area contributed by atoms with E-state index >= 15 is 0 Å². The third-order valence-corrected chi connectivity index (χ3v) is 5.21. The number of likely N-dealkylation sites (tertiary alicyclic amines) is 1. The number of hydrogen-bond donors (Lipinski definition) is 2. The van der Waals surface area contributed by atoms with Gasteiger partial charge in [0.1, 0.15) is 5.65 Å². The van der Waals surface area contributed by atoms with Crippen molar-refractivity contribution in [3.8, 4) is 0 Å². The molecule has 0 amide bonds. The molecule has 6 nitrogen and oxygen atoms in total. The van der Waals surface area contributed by atoms with Crippen LogP contribution in [0.15, 0.2) is 35.6 Å². The molecule has 0 bridgehead atoms. The third-order valence-electron chi connectivity index (χ3n) is 5.21. The van der Waals surface area contributed by atoms with Gasteiger partial charge in [0.25, 0.3) is 0 Å². The zero-order valence-electron chi connectivity index (χ0n) is 16.8. The van der Waals surface area contributed by atoms with E-state index in [9.17, 15) is 0 Å². The number of aromatic nitrogens is 2. The fourth-order valence-electron chi connectivity index (χ4n) is 3.53. The standard InChI is InChI=1S/C21H34N6/c1-3-22-21(23-11-6-13-26-15-9-18(2)10-16-26)24-12-8-19-17-27-14-5-4-7-20(27)25-19/h4-5,7,14,17-18H,3,6,8-13,15-16H2,1-2H3,(H2,22,23,24). The van der Waals surface area contributed by atoms with Gasteiger partial charge in [-0.1, -0.05) is 13.0 Å². The Morgan fingerprint density at radius 3 is 2.89 bits per heavy atom. The number of aliphatic imine (C=N–C) groups is 1. The molecule has 3 heterocycles. The molecule has 0 saturated carbocycles. The summed E-state index contributed by atoms with van der Waals surface area (Å²) in [5.41, 5.74) is 2.10. The molecule has 2 aromatic rings. The molecule has 1 aliphatic rings. The van der Waals surface area contributed by atoms with Crippen LogP contribution in [0.2, 0.25) is 0 Å². The van der Waals surface area contributed by atoms with Gasteiger partial charge < -0.3 is 19.9 Å². The zero-order chi connectivity index (χ0) is 18.9. The van der Waals surface area contributed by atoms with Crippen molar-refractivity contribution in [3.63, 3.8) is 0 Å². The molecule has 0 spiro atoms. The molecule has 0 aromatic carbocycles. The first kappa shape index (κ1) is 19.7. The van der Waals surface area contributed by atoms with Crippen LogP contribution in [0.25, 0.3) is 5.65 Å². The molecule has 0 unspecified atom stereocenters. The number of pyridine rings is 1. The van der Waals surface area contributed by atoms with Crippen molar-refractivity contribution in [2.45, 2.75) is 39.5 Å². The Bertz CT molecular complexity index is 681. The van der Waals surface area contributed by atoms with Crippen LogP contribution in [0.1, 0.15) is 38.8 Å². The maximum atomic E-state index is 4.73. The Balaban J connectivity index is 1.39. The SMILES string of the molecule is CCNC(=NCCCN1CCC(C)CC1)NCCc1cn2ccccc2n1. The van der Waals surface area contributed by atoms with Gasteiger partial charge in [0.05, 0.1) is 5.69 Å². The fourth-order valence-corrected chi connectivity index (χ4v) is 3.53.